The molecule has 0 spiro atoms. The summed E-state index contributed by atoms with van der Waals surface area (Å²) in [4.78, 5) is 29.2. The molecule has 0 aliphatic rings. The molecule has 3 rings (SSSR count). The smallest absolute Gasteiger partial charge is 0.339 e. The molecule has 0 fully saturated rings. The maximum absolute atomic E-state index is 12.6. The van der Waals surface area contributed by atoms with Crippen LogP contribution in [0.15, 0.2) is 54.6 Å². The van der Waals surface area contributed by atoms with Crippen molar-refractivity contribution in [1.29, 1.82) is 0 Å². The molecule has 0 saturated heterocycles. The fraction of sp³-hybridized carbons (Fsp3) is 0.150. The van der Waals surface area contributed by atoms with Crippen molar-refractivity contribution in [1.82, 2.24) is 4.98 Å². The molecule has 1 heterocycles. The molecule has 1 aromatic heterocycles. The second-order valence-electron chi connectivity index (χ2n) is 5.58. The van der Waals surface area contributed by atoms with Gasteiger partial charge >= 0.3 is 5.97 Å². The zero-order chi connectivity index (χ0) is 17.1. The van der Waals surface area contributed by atoms with Crippen LogP contribution in [0.1, 0.15) is 32.0 Å². The molecule has 0 radical (unpaired) electrons. The first kappa shape index (κ1) is 15.9. The van der Waals surface area contributed by atoms with E-state index in [0.717, 1.165) is 22.2 Å². The lowest BCUT2D eigenvalue weighted by Crippen LogP contribution is -2.16. The maximum atomic E-state index is 12.6. The van der Waals surface area contributed by atoms with Gasteiger partial charge in [0.1, 0.15) is 0 Å². The second-order valence-corrected chi connectivity index (χ2v) is 5.58. The zero-order valence-electron chi connectivity index (χ0n) is 13.6. The third-order valence-corrected chi connectivity index (χ3v) is 4.01. The van der Waals surface area contributed by atoms with Crippen molar-refractivity contribution >= 4 is 22.7 Å². The van der Waals surface area contributed by atoms with Gasteiger partial charge in [0.2, 0.25) is 0 Å². The highest BCUT2D eigenvalue weighted by Gasteiger charge is 2.19. The average Bonchev–Trinajstić information content (AvgIpc) is 2.61. The number of fused-ring (bicyclic) bond motifs is 1. The van der Waals surface area contributed by atoms with Gasteiger partial charge in [-0.3, -0.25) is 9.78 Å². The number of carbonyl (C=O) groups excluding carboxylic acids is 2. The van der Waals surface area contributed by atoms with Gasteiger partial charge in [0, 0.05) is 16.6 Å². The molecule has 0 aliphatic heterocycles. The fourth-order valence-corrected chi connectivity index (χ4v) is 2.60. The van der Waals surface area contributed by atoms with E-state index in [0.29, 0.717) is 11.1 Å². The number of ketones is 1. The Morgan fingerprint density at radius 3 is 2.38 bits per heavy atom. The van der Waals surface area contributed by atoms with Gasteiger partial charge in [-0.15, -0.1) is 0 Å². The first-order chi connectivity index (χ1) is 11.6. The molecular formula is C20H17NO3. The highest BCUT2D eigenvalue weighted by molar-refractivity contribution is 6.06. The molecule has 0 N–H and O–H groups in total. The summed E-state index contributed by atoms with van der Waals surface area (Å²) in [6.07, 6.45) is 0. The van der Waals surface area contributed by atoms with Crippen LogP contribution in [0, 0.1) is 13.8 Å². The van der Waals surface area contributed by atoms with Crippen LogP contribution in [-0.4, -0.2) is 23.3 Å². The number of rotatable bonds is 4. The Bertz CT molecular complexity index is 917. The number of para-hydroxylation sites is 1. The first-order valence-corrected chi connectivity index (χ1v) is 7.69. The van der Waals surface area contributed by atoms with Crippen LogP contribution >= 0.6 is 0 Å². The van der Waals surface area contributed by atoms with E-state index >= 15 is 0 Å². The minimum absolute atomic E-state index is 0.225. The van der Waals surface area contributed by atoms with Crippen molar-refractivity contribution in [3.8, 4) is 0 Å². The maximum Gasteiger partial charge on any atom is 0.339 e. The molecule has 0 amide bonds. The number of hydrogen-bond donors (Lipinski definition) is 0. The van der Waals surface area contributed by atoms with Crippen LogP contribution in [0.3, 0.4) is 0 Å². The number of nitrogens with zero attached hydrogens (tertiary/aromatic N) is 1. The monoisotopic (exact) mass is 319 g/mol. The molecule has 0 aliphatic carbocycles. The quantitative estimate of drug-likeness (QED) is 0.541. The van der Waals surface area contributed by atoms with Gasteiger partial charge in [0.25, 0.3) is 0 Å². The summed E-state index contributed by atoms with van der Waals surface area (Å²) in [6, 6.07) is 16.2. The SMILES string of the molecule is Cc1nc2ccccc2c(C(=O)OCC(=O)c2ccccc2)c1C. The number of aromatic nitrogens is 1. The number of aryl methyl sites for hydroxylation is 1. The van der Waals surface area contributed by atoms with E-state index in [9.17, 15) is 9.59 Å². The Kier molecular flexibility index (Phi) is 4.38. The molecule has 0 saturated carbocycles. The average molecular weight is 319 g/mol. The molecule has 4 heteroatoms. The van der Waals surface area contributed by atoms with Crippen molar-refractivity contribution in [2.45, 2.75) is 13.8 Å². The Labute approximate surface area is 140 Å². The van der Waals surface area contributed by atoms with Crippen LogP contribution in [0.2, 0.25) is 0 Å². The predicted molar refractivity (Wildman–Crippen MR) is 92.3 cm³/mol. The number of hydrogen-bond acceptors (Lipinski definition) is 4. The number of esters is 1. The highest BCUT2D eigenvalue weighted by atomic mass is 16.5. The number of carbonyl (C=O) groups is 2. The Morgan fingerprint density at radius 1 is 0.958 bits per heavy atom. The van der Waals surface area contributed by atoms with Gasteiger partial charge in [0.15, 0.2) is 12.4 Å². The normalized spacial score (nSPS) is 10.6. The minimum atomic E-state index is -0.501. The summed E-state index contributed by atoms with van der Waals surface area (Å²) in [5.41, 5.74) is 3.28. The standard InChI is InChI=1S/C20H17NO3/c1-13-14(2)21-17-11-7-6-10-16(17)19(13)20(23)24-12-18(22)15-8-4-3-5-9-15/h3-11H,12H2,1-2H3. The number of pyridine rings is 1. The number of ether oxygens (including phenoxy) is 1. The Morgan fingerprint density at radius 2 is 1.62 bits per heavy atom. The minimum Gasteiger partial charge on any atom is -0.454 e. The Balaban J connectivity index is 1.87. The van der Waals surface area contributed by atoms with Gasteiger partial charge < -0.3 is 4.74 Å². The molecule has 4 nitrogen and oxygen atoms in total. The summed E-state index contributed by atoms with van der Waals surface area (Å²) in [5, 5.41) is 0.734. The van der Waals surface area contributed by atoms with Crippen LogP contribution in [0.4, 0.5) is 0 Å². The van der Waals surface area contributed by atoms with Crippen molar-refractivity contribution in [2.75, 3.05) is 6.61 Å². The van der Waals surface area contributed by atoms with E-state index in [4.69, 9.17) is 4.74 Å². The van der Waals surface area contributed by atoms with Gasteiger partial charge in [-0.25, -0.2) is 4.79 Å². The lowest BCUT2D eigenvalue weighted by Gasteiger charge is -2.12. The van der Waals surface area contributed by atoms with Crippen molar-refractivity contribution < 1.29 is 14.3 Å². The fourth-order valence-electron chi connectivity index (χ4n) is 2.60. The van der Waals surface area contributed by atoms with Crippen molar-refractivity contribution in [3.05, 3.63) is 77.0 Å². The molecule has 120 valence electrons. The summed E-state index contributed by atoms with van der Waals surface area (Å²) in [6.45, 7) is 3.41. The van der Waals surface area contributed by atoms with Crippen molar-refractivity contribution in [2.24, 2.45) is 0 Å². The third kappa shape index (κ3) is 3.04. The molecule has 3 aromatic rings. The van der Waals surface area contributed by atoms with Crippen LogP contribution in [-0.2, 0) is 4.74 Å². The lowest BCUT2D eigenvalue weighted by molar-refractivity contribution is 0.0476. The number of Topliss-reactive ketones (excluding diaryl/α,β-unsaturated/α-hetero) is 1. The van der Waals surface area contributed by atoms with Crippen LogP contribution in [0.25, 0.3) is 10.9 Å². The van der Waals surface area contributed by atoms with Crippen LogP contribution < -0.4 is 0 Å². The molecule has 0 bridgehead atoms. The second kappa shape index (κ2) is 6.62. The highest BCUT2D eigenvalue weighted by Crippen LogP contribution is 2.23. The van der Waals surface area contributed by atoms with E-state index < -0.39 is 5.97 Å². The van der Waals surface area contributed by atoms with Gasteiger partial charge in [-0.1, -0.05) is 48.5 Å². The molecule has 0 unspecified atom stereocenters. The summed E-state index contributed by atoms with van der Waals surface area (Å²) in [7, 11) is 0. The van der Waals surface area contributed by atoms with E-state index in [1.807, 2.05) is 44.2 Å². The predicted octanol–water partition coefficient (Wildman–Crippen LogP) is 3.89. The van der Waals surface area contributed by atoms with Crippen LogP contribution in [0.5, 0.6) is 0 Å². The number of benzene rings is 2. The van der Waals surface area contributed by atoms with Gasteiger partial charge in [0.05, 0.1) is 11.1 Å². The molecule has 0 atom stereocenters. The van der Waals surface area contributed by atoms with Gasteiger partial charge in [-0.05, 0) is 25.5 Å². The zero-order valence-corrected chi connectivity index (χ0v) is 13.6. The summed E-state index contributed by atoms with van der Waals surface area (Å²) in [5.74, 6) is -0.727. The third-order valence-electron chi connectivity index (χ3n) is 4.01. The van der Waals surface area contributed by atoms with E-state index in [1.165, 1.54) is 0 Å². The topological polar surface area (TPSA) is 56.3 Å². The van der Waals surface area contributed by atoms with E-state index in [2.05, 4.69) is 4.98 Å². The first-order valence-electron chi connectivity index (χ1n) is 7.69. The van der Waals surface area contributed by atoms with E-state index in [1.54, 1.807) is 24.3 Å². The molecular weight excluding hydrogens is 302 g/mol. The summed E-state index contributed by atoms with van der Waals surface area (Å²) >= 11 is 0. The van der Waals surface area contributed by atoms with Gasteiger partial charge in [-0.2, -0.15) is 0 Å². The Hall–Kier alpha value is -3.01. The largest absolute Gasteiger partial charge is 0.454 e. The summed E-state index contributed by atoms with van der Waals surface area (Å²) < 4.78 is 5.27. The van der Waals surface area contributed by atoms with E-state index in [-0.39, 0.29) is 12.4 Å². The van der Waals surface area contributed by atoms with Crippen molar-refractivity contribution in [3.63, 3.8) is 0 Å². The molecule has 2 aromatic carbocycles. The lowest BCUT2D eigenvalue weighted by atomic mass is 10.0. The molecule has 24 heavy (non-hydrogen) atoms.